The maximum Gasteiger partial charge on any atom is 0.397 e. The van der Waals surface area contributed by atoms with Crippen molar-refractivity contribution in [2.24, 2.45) is 10.8 Å². The lowest BCUT2D eigenvalue weighted by atomic mass is 9.85. The van der Waals surface area contributed by atoms with Gasteiger partial charge in [0.25, 0.3) is 0 Å². The van der Waals surface area contributed by atoms with E-state index in [0.717, 1.165) is 0 Å². The Labute approximate surface area is 187 Å². The van der Waals surface area contributed by atoms with Gasteiger partial charge < -0.3 is 20.1 Å². The molecular formula is C23H42N2O6. The van der Waals surface area contributed by atoms with Crippen LogP contribution < -0.4 is 10.6 Å². The fourth-order valence-electron chi connectivity index (χ4n) is 2.39. The van der Waals surface area contributed by atoms with Gasteiger partial charge in [0.2, 0.25) is 0 Å². The van der Waals surface area contributed by atoms with Crippen LogP contribution in [0.4, 0.5) is 0 Å². The second-order valence-corrected chi connectivity index (χ2v) is 11.3. The number of esters is 2. The SMILES string of the molecule is CC(CC[C@@H](OC(=O)C(=O)NC(C)(C)C)C(C)(C)C)NC(=O)C(=O)O[C@H](C)C(C)(C)C. The Hall–Kier alpha value is -2.12. The zero-order valence-electron chi connectivity index (χ0n) is 21.1. The number of hydrogen-bond acceptors (Lipinski definition) is 6. The summed E-state index contributed by atoms with van der Waals surface area (Å²) < 4.78 is 10.7. The van der Waals surface area contributed by atoms with Crippen molar-refractivity contribution in [3.8, 4) is 0 Å². The maximum absolute atomic E-state index is 12.2. The third-order valence-corrected chi connectivity index (χ3v) is 4.82. The van der Waals surface area contributed by atoms with E-state index in [-0.39, 0.29) is 11.5 Å². The molecule has 0 rings (SSSR count). The summed E-state index contributed by atoms with van der Waals surface area (Å²) >= 11 is 0. The average Bonchev–Trinajstić information content (AvgIpc) is 2.54. The minimum atomic E-state index is -0.939. The standard InChI is InChI=1S/C23H42N2O6/c1-14(24-17(26)19(28)30-15(2)21(3,4)5)12-13-16(22(6,7)8)31-20(29)18(27)25-23(9,10)11/h14-16H,12-13H2,1-11H3,(H,24,26)(H,25,27)/t14?,15-,16-/m1/s1. The van der Waals surface area contributed by atoms with Crippen molar-refractivity contribution in [3.63, 3.8) is 0 Å². The highest BCUT2D eigenvalue weighted by atomic mass is 16.6. The van der Waals surface area contributed by atoms with E-state index in [1.807, 2.05) is 41.5 Å². The molecule has 1 unspecified atom stereocenters. The topological polar surface area (TPSA) is 111 Å². The third-order valence-electron chi connectivity index (χ3n) is 4.82. The zero-order chi connectivity index (χ0) is 24.8. The number of ether oxygens (including phenoxy) is 2. The van der Waals surface area contributed by atoms with Crippen molar-refractivity contribution in [1.82, 2.24) is 10.6 Å². The summed E-state index contributed by atoms with van der Waals surface area (Å²) in [5, 5.41) is 5.20. The number of hydrogen-bond donors (Lipinski definition) is 2. The molecule has 0 fully saturated rings. The summed E-state index contributed by atoms with van der Waals surface area (Å²) in [5.41, 5.74) is -1.24. The quantitative estimate of drug-likeness (QED) is 0.483. The Morgan fingerprint density at radius 1 is 0.710 bits per heavy atom. The van der Waals surface area contributed by atoms with Crippen molar-refractivity contribution in [2.75, 3.05) is 0 Å². The Balaban J connectivity index is 4.84. The van der Waals surface area contributed by atoms with Crippen LogP contribution in [0.25, 0.3) is 0 Å². The van der Waals surface area contributed by atoms with E-state index in [1.165, 1.54) is 0 Å². The highest BCUT2D eigenvalue weighted by Crippen LogP contribution is 2.27. The molecule has 0 radical (unpaired) electrons. The van der Waals surface area contributed by atoms with Crippen LogP contribution in [-0.4, -0.2) is 47.5 Å². The molecule has 0 aliphatic rings. The molecule has 8 heteroatoms. The minimum Gasteiger partial charge on any atom is -0.455 e. The van der Waals surface area contributed by atoms with Gasteiger partial charge in [0, 0.05) is 11.6 Å². The first kappa shape index (κ1) is 28.9. The number of carbonyl (C=O) groups is 4. The molecule has 0 bridgehead atoms. The average molecular weight is 443 g/mol. The highest BCUT2D eigenvalue weighted by molar-refractivity contribution is 6.33. The van der Waals surface area contributed by atoms with E-state index in [9.17, 15) is 19.2 Å². The van der Waals surface area contributed by atoms with E-state index >= 15 is 0 Å². The number of amides is 2. The number of nitrogens with one attached hydrogen (secondary N) is 2. The van der Waals surface area contributed by atoms with Crippen LogP contribution in [0.2, 0.25) is 0 Å². The van der Waals surface area contributed by atoms with Crippen LogP contribution in [0.1, 0.15) is 89.0 Å². The lowest BCUT2D eigenvalue weighted by molar-refractivity contribution is -0.164. The third kappa shape index (κ3) is 11.7. The van der Waals surface area contributed by atoms with Crippen LogP contribution in [0.15, 0.2) is 0 Å². The zero-order valence-corrected chi connectivity index (χ0v) is 21.1. The molecule has 0 spiro atoms. The monoisotopic (exact) mass is 442 g/mol. The summed E-state index contributed by atoms with van der Waals surface area (Å²) in [6.45, 7) is 20.3. The van der Waals surface area contributed by atoms with Crippen molar-refractivity contribution >= 4 is 23.8 Å². The molecule has 0 aliphatic carbocycles. The van der Waals surface area contributed by atoms with Gasteiger partial charge in [-0.1, -0.05) is 41.5 Å². The molecule has 0 aromatic rings. The Morgan fingerprint density at radius 2 is 1.19 bits per heavy atom. The van der Waals surface area contributed by atoms with Gasteiger partial charge in [-0.25, -0.2) is 9.59 Å². The Morgan fingerprint density at radius 3 is 1.61 bits per heavy atom. The summed E-state index contributed by atoms with van der Waals surface area (Å²) in [7, 11) is 0. The smallest absolute Gasteiger partial charge is 0.397 e. The normalized spacial score (nSPS) is 15.3. The summed E-state index contributed by atoms with van der Waals surface area (Å²) in [5.74, 6) is -3.46. The Bertz CT molecular complexity index is 652. The molecule has 0 aromatic heterocycles. The van der Waals surface area contributed by atoms with Gasteiger partial charge in [-0.05, 0) is 58.3 Å². The molecular weight excluding hydrogens is 400 g/mol. The van der Waals surface area contributed by atoms with Gasteiger partial charge in [0.05, 0.1) is 0 Å². The van der Waals surface area contributed by atoms with E-state index in [0.29, 0.717) is 12.8 Å². The van der Waals surface area contributed by atoms with E-state index in [1.54, 1.807) is 34.6 Å². The number of rotatable bonds is 6. The first-order chi connectivity index (χ1) is 13.7. The molecule has 0 aromatic carbocycles. The first-order valence-electron chi connectivity index (χ1n) is 10.8. The molecule has 2 amide bonds. The second-order valence-electron chi connectivity index (χ2n) is 11.3. The van der Waals surface area contributed by atoms with Crippen molar-refractivity contribution in [2.45, 2.75) is 113 Å². The molecule has 3 atom stereocenters. The molecule has 2 N–H and O–H groups in total. The molecule has 180 valence electrons. The van der Waals surface area contributed by atoms with Crippen LogP contribution in [0.3, 0.4) is 0 Å². The molecule has 0 aliphatic heterocycles. The molecule has 0 saturated heterocycles. The molecule has 31 heavy (non-hydrogen) atoms. The van der Waals surface area contributed by atoms with Crippen LogP contribution >= 0.6 is 0 Å². The van der Waals surface area contributed by atoms with Gasteiger partial charge in [-0.15, -0.1) is 0 Å². The van der Waals surface area contributed by atoms with E-state index in [2.05, 4.69) is 10.6 Å². The first-order valence-corrected chi connectivity index (χ1v) is 10.8. The van der Waals surface area contributed by atoms with Crippen molar-refractivity contribution < 1.29 is 28.7 Å². The summed E-state index contributed by atoms with van der Waals surface area (Å²) in [6, 6.07) is -0.350. The fraction of sp³-hybridized carbons (Fsp3) is 0.826. The van der Waals surface area contributed by atoms with Gasteiger partial charge in [-0.2, -0.15) is 0 Å². The maximum atomic E-state index is 12.2. The lowest BCUT2D eigenvalue weighted by Gasteiger charge is -2.31. The number of carbonyl (C=O) groups excluding carboxylic acids is 4. The van der Waals surface area contributed by atoms with Crippen LogP contribution in [-0.2, 0) is 28.7 Å². The van der Waals surface area contributed by atoms with Crippen LogP contribution in [0, 0.1) is 10.8 Å². The minimum absolute atomic E-state index is 0.273. The fourth-order valence-corrected chi connectivity index (χ4v) is 2.39. The highest BCUT2D eigenvalue weighted by Gasteiger charge is 2.32. The summed E-state index contributed by atoms with van der Waals surface area (Å²) in [4.78, 5) is 48.4. The lowest BCUT2D eigenvalue weighted by Crippen LogP contribution is -2.47. The molecule has 8 nitrogen and oxygen atoms in total. The van der Waals surface area contributed by atoms with E-state index in [4.69, 9.17) is 9.47 Å². The molecule has 0 saturated carbocycles. The van der Waals surface area contributed by atoms with Crippen molar-refractivity contribution in [1.29, 1.82) is 0 Å². The van der Waals surface area contributed by atoms with Crippen molar-refractivity contribution in [3.05, 3.63) is 0 Å². The van der Waals surface area contributed by atoms with E-state index < -0.39 is 46.9 Å². The predicted octanol–water partition coefficient (Wildman–Crippen LogP) is 3.12. The van der Waals surface area contributed by atoms with Gasteiger partial charge in [0.15, 0.2) is 0 Å². The Kier molecular flexibility index (Phi) is 10.2. The summed E-state index contributed by atoms with van der Waals surface area (Å²) in [6.07, 6.45) is -0.0976. The van der Waals surface area contributed by atoms with Gasteiger partial charge >= 0.3 is 23.8 Å². The van der Waals surface area contributed by atoms with Gasteiger partial charge in [0.1, 0.15) is 12.2 Å². The largest absolute Gasteiger partial charge is 0.455 e. The predicted molar refractivity (Wildman–Crippen MR) is 119 cm³/mol. The second kappa shape index (κ2) is 11.0. The van der Waals surface area contributed by atoms with Gasteiger partial charge in [-0.3, -0.25) is 9.59 Å². The molecule has 0 heterocycles. The van der Waals surface area contributed by atoms with Crippen LogP contribution in [0.5, 0.6) is 0 Å².